The Kier molecular flexibility index (Phi) is 21.6. The van der Waals surface area contributed by atoms with E-state index in [0.29, 0.717) is 0 Å². The van der Waals surface area contributed by atoms with Crippen LogP contribution < -0.4 is 0 Å². The first-order chi connectivity index (χ1) is 39.6. The van der Waals surface area contributed by atoms with Gasteiger partial charge in [0, 0.05) is 36.3 Å². The van der Waals surface area contributed by atoms with Gasteiger partial charge in [0.15, 0.2) is 0 Å². The largest absolute Gasteiger partial charge is 0.294 e. The van der Waals surface area contributed by atoms with Gasteiger partial charge in [0.2, 0.25) is 0 Å². The minimum atomic E-state index is 0.921. The number of rotatable bonds is 16. The molecule has 6 unspecified atom stereocenters. The average Bonchev–Trinajstić information content (AvgIpc) is 3.57. The van der Waals surface area contributed by atoms with Crippen LogP contribution in [0.4, 0.5) is 0 Å². The zero-order chi connectivity index (χ0) is 53.5. The highest BCUT2D eigenvalue weighted by Crippen LogP contribution is 2.58. The summed E-state index contributed by atoms with van der Waals surface area (Å²) in [6, 6.07) is 5.54. The minimum absolute atomic E-state index is 0.921. The molecule has 0 N–H and O–H groups in total. The molecule has 2 nitrogen and oxygen atoms in total. The van der Waals surface area contributed by atoms with Crippen molar-refractivity contribution in [3.63, 3.8) is 0 Å². The van der Waals surface area contributed by atoms with Crippen molar-refractivity contribution in [2.45, 2.75) is 396 Å². The summed E-state index contributed by atoms with van der Waals surface area (Å²) in [7, 11) is 0. The third-order valence-corrected chi connectivity index (χ3v) is 30.0. The highest BCUT2D eigenvalue weighted by Gasteiger charge is 2.49. The van der Waals surface area contributed by atoms with Crippen molar-refractivity contribution in [2.24, 2.45) is 94.7 Å². The molecule has 0 spiro atoms. The lowest BCUT2D eigenvalue weighted by Gasteiger charge is -2.54. The van der Waals surface area contributed by atoms with Crippen molar-refractivity contribution in [3.05, 3.63) is 0 Å². The normalized spacial score (nSPS) is 40.8. The summed E-state index contributed by atoms with van der Waals surface area (Å²) < 4.78 is 0. The number of nitrogens with zero attached hydrogens (tertiary/aromatic N) is 2. The molecule has 0 aromatic carbocycles. The van der Waals surface area contributed by atoms with Gasteiger partial charge in [-0.2, -0.15) is 0 Å². The topological polar surface area (TPSA) is 6.48 Å². The van der Waals surface area contributed by atoms with Gasteiger partial charge in [-0.05, 0) is 287 Å². The van der Waals surface area contributed by atoms with Crippen LogP contribution in [0.5, 0.6) is 0 Å². The van der Waals surface area contributed by atoms with Crippen molar-refractivity contribution in [3.8, 4) is 0 Å². The highest BCUT2D eigenvalue weighted by atomic mass is 15.2. The summed E-state index contributed by atoms with van der Waals surface area (Å²) in [4.78, 5) is 6.68. The smallest absolute Gasteiger partial charge is 0.0101 e. The molecule has 0 saturated heterocycles. The summed E-state index contributed by atoms with van der Waals surface area (Å²) in [5.74, 6) is 17.3. The molecule has 13 saturated carbocycles. The predicted molar refractivity (Wildman–Crippen MR) is 341 cm³/mol. The SMILES string of the molecule is C1CCC(C(CC2CCC(N(C3CCCCC3)C3CCC(C4CCC5C(CCC6CC(C7CCC(N(C8CCCCC8)C8CCC(CC(C9CCCCC9)C9CCCCC9)CC8)CC7)CCC65)C4)CC3)CC2)C2CCCCC2)CC1. The maximum Gasteiger partial charge on any atom is 0.0101 e. The minimum Gasteiger partial charge on any atom is -0.294 e. The Balaban J connectivity index is 0.561. The number of fused-ring (bicyclic) bond motifs is 3. The zero-order valence-electron chi connectivity index (χ0n) is 53.2. The molecule has 6 atom stereocenters. The first-order valence-corrected chi connectivity index (χ1v) is 39.2. The predicted octanol–water partition coefficient (Wildman–Crippen LogP) is 22.7. The van der Waals surface area contributed by atoms with E-state index in [9.17, 15) is 0 Å². The van der Waals surface area contributed by atoms with Crippen molar-refractivity contribution in [1.29, 1.82) is 0 Å². The van der Waals surface area contributed by atoms with Crippen LogP contribution >= 0.6 is 0 Å². The average molecular weight is 1100 g/mol. The molecule has 80 heavy (non-hydrogen) atoms. The molecule has 0 aromatic rings. The fourth-order valence-corrected chi connectivity index (χ4v) is 25.9. The number of hydrogen-bond donors (Lipinski definition) is 0. The van der Waals surface area contributed by atoms with Crippen molar-refractivity contribution < 1.29 is 0 Å². The van der Waals surface area contributed by atoms with E-state index < -0.39 is 0 Å². The van der Waals surface area contributed by atoms with E-state index >= 15 is 0 Å². The third-order valence-electron chi connectivity index (χ3n) is 30.0. The van der Waals surface area contributed by atoms with Crippen molar-refractivity contribution >= 4 is 0 Å². The van der Waals surface area contributed by atoms with Gasteiger partial charge in [0.25, 0.3) is 0 Å². The van der Waals surface area contributed by atoms with Crippen LogP contribution in [0.25, 0.3) is 0 Å². The lowest BCUT2D eigenvalue weighted by molar-refractivity contribution is -0.0361. The summed E-state index contributed by atoms with van der Waals surface area (Å²) in [6.07, 6.45) is 87.8. The monoisotopic (exact) mass is 1100 g/mol. The second-order valence-corrected chi connectivity index (χ2v) is 33.9. The fourth-order valence-electron chi connectivity index (χ4n) is 25.9. The Morgan fingerprint density at radius 3 is 0.738 bits per heavy atom. The molecule has 13 aliphatic carbocycles. The fraction of sp³-hybridized carbons (Fsp3) is 1.00. The first-order valence-electron chi connectivity index (χ1n) is 39.2. The summed E-state index contributed by atoms with van der Waals surface area (Å²) in [5.41, 5.74) is 0. The number of hydrogen-bond acceptors (Lipinski definition) is 2. The van der Waals surface area contributed by atoms with Crippen molar-refractivity contribution in [2.75, 3.05) is 0 Å². The molecule has 0 heterocycles. The van der Waals surface area contributed by atoms with Crippen LogP contribution in [0.3, 0.4) is 0 Å². The Morgan fingerprint density at radius 1 is 0.200 bits per heavy atom. The van der Waals surface area contributed by atoms with Gasteiger partial charge in [0.1, 0.15) is 0 Å². The molecule has 0 aliphatic heterocycles. The van der Waals surface area contributed by atoms with E-state index in [2.05, 4.69) is 9.80 Å². The molecule has 13 rings (SSSR count). The van der Waals surface area contributed by atoms with Gasteiger partial charge in [-0.15, -0.1) is 0 Å². The molecular weight excluding hydrogens is 965 g/mol. The van der Waals surface area contributed by atoms with Gasteiger partial charge in [0.05, 0.1) is 0 Å². The lowest BCUT2D eigenvalue weighted by Crippen LogP contribution is -2.53. The van der Waals surface area contributed by atoms with Crippen LogP contribution in [0.1, 0.15) is 360 Å². The van der Waals surface area contributed by atoms with E-state index in [0.717, 1.165) is 131 Å². The van der Waals surface area contributed by atoms with Gasteiger partial charge in [-0.25, -0.2) is 0 Å². The Bertz CT molecular complexity index is 1570. The molecule has 13 fully saturated rings. The van der Waals surface area contributed by atoms with Crippen molar-refractivity contribution in [1.82, 2.24) is 9.80 Å². The molecule has 13 aliphatic rings. The molecule has 2 heteroatoms. The van der Waals surface area contributed by atoms with E-state index in [-0.39, 0.29) is 0 Å². The maximum absolute atomic E-state index is 3.34. The highest BCUT2D eigenvalue weighted by molar-refractivity contribution is 5.01. The Hall–Kier alpha value is -0.0800. The van der Waals surface area contributed by atoms with Gasteiger partial charge >= 0.3 is 0 Å². The van der Waals surface area contributed by atoms with Crippen LogP contribution in [0.15, 0.2) is 0 Å². The van der Waals surface area contributed by atoms with Gasteiger partial charge < -0.3 is 0 Å². The van der Waals surface area contributed by atoms with Crippen LogP contribution in [0, 0.1) is 94.7 Å². The summed E-state index contributed by atoms with van der Waals surface area (Å²) >= 11 is 0. The Morgan fingerprint density at radius 2 is 0.438 bits per heavy atom. The second kappa shape index (κ2) is 29.3. The maximum atomic E-state index is 3.34. The first kappa shape index (κ1) is 58.9. The van der Waals surface area contributed by atoms with Crippen LogP contribution in [-0.4, -0.2) is 46.1 Å². The molecular formula is C78H134N2. The van der Waals surface area contributed by atoms with E-state index in [1.165, 1.54) is 89.9 Å². The second-order valence-electron chi connectivity index (χ2n) is 33.9. The summed E-state index contributed by atoms with van der Waals surface area (Å²) in [6.45, 7) is 0. The molecule has 0 bridgehead atoms. The van der Waals surface area contributed by atoms with E-state index in [1.807, 2.05) is 0 Å². The molecule has 0 aromatic heterocycles. The molecule has 456 valence electrons. The zero-order valence-corrected chi connectivity index (χ0v) is 53.2. The Labute approximate surface area is 497 Å². The van der Waals surface area contributed by atoms with E-state index in [1.54, 1.807) is 270 Å². The van der Waals surface area contributed by atoms with E-state index in [4.69, 9.17) is 0 Å². The standard InChI is InChI=1S/C78H134N2/c1-7-19-61(20-8-1)77(62-21-9-2-10-22-62)53-57-31-43-71(44-32-57)79(69-27-15-5-16-28-69)73-47-37-59(38-48-73)65-41-51-75-67(55-65)35-36-68-56-66(42-52-76(68)75)60-39-49-74(50-40-60)80(70-29-17-6-18-30-70)72-45-33-58(34-46-72)54-78(63-23-11-3-12-24-63)64-25-13-4-14-26-64/h57-78H,1-56H2. The third kappa shape index (κ3) is 14.4. The lowest BCUT2D eigenvalue weighted by atomic mass is 9.53. The molecule has 0 radical (unpaired) electrons. The van der Waals surface area contributed by atoms with Crippen LogP contribution in [0.2, 0.25) is 0 Å². The van der Waals surface area contributed by atoms with Crippen LogP contribution in [-0.2, 0) is 0 Å². The molecule has 0 amide bonds. The van der Waals surface area contributed by atoms with Gasteiger partial charge in [-0.3, -0.25) is 9.80 Å². The summed E-state index contributed by atoms with van der Waals surface area (Å²) in [5, 5.41) is 0. The quantitative estimate of drug-likeness (QED) is 0.152. The van der Waals surface area contributed by atoms with Gasteiger partial charge in [-0.1, -0.05) is 167 Å².